The fraction of sp³-hybridized carbons (Fsp3) is 0.318. The molecule has 0 aromatic heterocycles. The summed E-state index contributed by atoms with van der Waals surface area (Å²) in [5.41, 5.74) is 1.76. The first-order valence-corrected chi connectivity index (χ1v) is 13.1. The standard InChI is InChI=1S/C22H22F2N4O2S4/c23-16-3-1-15(2-4-16)9-25-11-26(21(31)33-13-25)10-19(20(29)30)28-12-27(14-34-22(28)32)18-7-5-17(24)6-8-18/h1-8,19H,9-14H2,(H,29,30). The van der Waals surface area contributed by atoms with Crippen LogP contribution in [0.25, 0.3) is 0 Å². The third-order valence-corrected chi connectivity index (χ3v) is 8.59. The Hall–Kier alpha value is -1.99. The van der Waals surface area contributed by atoms with Crippen molar-refractivity contribution in [2.45, 2.75) is 12.6 Å². The van der Waals surface area contributed by atoms with Gasteiger partial charge in [0.2, 0.25) is 0 Å². The first-order valence-electron chi connectivity index (χ1n) is 10.4. The van der Waals surface area contributed by atoms with Gasteiger partial charge in [0, 0.05) is 12.2 Å². The van der Waals surface area contributed by atoms with Crippen molar-refractivity contribution in [3.8, 4) is 0 Å². The lowest BCUT2D eigenvalue weighted by Gasteiger charge is -2.43. The molecule has 0 amide bonds. The van der Waals surface area contributed by atoms with Crippen LogP contribution in [0.2, 0.25) is 0 Å². The van der Waals surface area contributed by atoms with Gasteiger partial charge in [0.1, 0.15) is 26.3 Å². The predicted molar refractivity (Wildman–Crippen MR) is 141 cm³/mol. The number of hydrogen-bond acceptors (Lipinski definition) is 7. The van der Waals surface area contributed by atoms with Gasteiger partial charge in [0.25, 0.3) is 0 Å². The van der Waals surface area contributed by atoms with Gasteiger partial charge in [-0.25, -0.2) is 13.6 Å². The summed E-state index contributed by atoms with van der Waals surface area (Å²) in [6.07, 6.45) is 0. The van der Waals surface area contributed by atoms with Crippen LogP contribution in [0, 0.1) is 11.6 Å². The molecule has 2 saturated heterocycles. The molecule has 34 heavy (non-hydrogen) atoms. The summed E-state index contributed by atoms with van der Waals surface area (Å²) in [5, 5.41) is 10.1. The Morgan fingerprint density at radius 3 is 2.21 bits per heavy atom. The molecule has 4 rings (SSSR count). The Bertz CT molecular complexity index is 1060. The normalized spacial score (nSPS) is 18.4. The van der Waals surface area contributed by atoms with Crippen molar-refractivity contribution in [3.63, 3.8) is 0 Å². The summed E-state index contributed by atoms with van der Waals surface area (Å²) in [7, 11) is 0. The van der Waals surface area contributed by atoms with Gasteiger partial charge in [-0.1, -0.05) is 60.1 Å². The molecule has 0 aliphatic carbocycles. The van der Waals surface area contributed by atoms with Gasteiger partial charge < -0.3 is 19.8 Å². The monoisotopic (exact) mass is 540 g/mol. The molecule has 2 aromatic carbocycles. The number of thiocarbonyl (C=S) groups is 2. The van der Waals surface area contributed by atoms with Gasteiger partial charge in [-0.05, 0) is 42.0 Å². The lowest BCUT2D eigenvalue weighted by molar-refractivity contribution is -0.142. The number of hydrogen-bond donors (Lipinski definition) is 1. The molecule has 0 saturated carbocycles. The largest absolute Gasteiger partial charge is 0.480 e. The van der Waals surface area contributed by atoms with E-state index < -0.39 is 12.0 Å². The Morgan fingerprint density at radius 1 is 0.941 bits per heavy atom. The zero-order valence-electron chi connectivity index (χ0n) is 18.0. The molecule has 2 aromatic rings. The number of carboxylic acids is 1. The third-order valence-electron chi connectivity index (χ3n) is 5.47. The molecule has 2 aliphatic rings. The summed E-state index contributed by atoms with van der Waals surface area (Å²) in [6, 6.07) is 11.5. The van der Waals surface area contributed by atoms with Crippen LogP contribution < -0.4 is 4.90 Å². The van der Waals surface area contributed by atoms with Crippen molar-refractivity contribution in [2.24, 2.45) is 0 Å². The smallest absolute Gasteiger partial charge is 0.328 e. The van der Waals surface area contributed by atoms with Crippen LogP contribution in [0.15, 0.2) is 48.5 Å². The molecule has 2 heterocycles. The van der Waals surface area contributed by atoms with E-state index in [0.717, 1.165) is 11.3 Å². The van der Waals surface area contributed by atoms with Crippen LogP contribution in [0.1, 0.15) is 5.56 Å². The van der Waals surface area contributed by atoms with E-state index in [9.17, 15) is 18.7 Å². The highest BCUT2D eigenvalue weighted by Crippen LogP contribution is 2.28. The fourth-order valence-corrected chi connectivity index (χ4v) is 5.97. The quantitative estimate of drug-likeness (QED) is 0.517. The Kier molecular flexibility index (Phi) is 8.25. The lowest BCUT2D eigenvalue weighted by Crippen LogP contribution is -2.58. The SMILES string of the molecule is O=C(O)C(CN1CN(Cc2ccc(F)cc2)CSC1=S)N1CN(c2ccc(F)cc2)CSC1=S. The number of aliphatic carboxylic acids is 1. The minimum absolute atomic E-state index is 0.166. The van der Waals surface area contributed by atoms with Crippen molar-refractivity contribution in [1.29, 1.82) is 0 Å². The Labute approximate surface area is 215 Å². The summed E-state index contributed by atoms with van der Waals surface area (Å²) in [4.78, 5) is 19.9. The van der Waals surface area contributed by atoms with Crippen molar-refractivity contribution in [2.75, 3.05) is 36.5 Å². The Balaban J connectivity index is 1.45. The second-order valence-electron chi connectivity index (χ2n) is 7.88. The van der Waals surface area contributed by atoms with Crippen LogP contribution in [0.3, 0.4) is 0 Å². The van der Waals surface area contributed by atoms with Crippen molar-refractivity contribution in [1.82, 2.24) is 14.7 Å². The average molecular weight is 541 g/mol. The molecule has 6 nitrogen and oxygen atoms in total. The summed E-state index contributed by atoms with van der Waals surface area (Å²) < 4.78 is 27.7. The lowest BCUT2D eigenvalue weighted by atomic mass is 10.2. The van der Waals surface area contributed by atoms with Crippen molar-refractivity contribution >= 4 is 68.3 Å². The summed E-state index contributed by atoms with van der Waals surface area (Å²) in [6.45, 7) is 1.50. The molecule has 180 valence electrons. The number of rotatable bonds is 7. The maximum atomic E-state index is 13.3. The molecular weight excluding hydrogens is 519 g/mol. The molecule has 1 N–H and O–H groups in total. The minimum Gasteiger partial charge on any atom is -0.480 e. The second kappa shape index (κ2) is 11.2. The first kappa shape index (κ1) is 25.1. The predicted octanol–water partition coefficient (Wildman–Crippen LogP) is 4.22. The van der Waals surface area contributed by atoms with Crippen molar-refractivity contribution in [3.05, 3.63) is 65.7 Å². The number of halogens is 2. The van der Waals surface area contributed by atoms with Crippen LogP contribution >= 0.6 is 48.0 Å². The summed E-state index contributed by atoms with van der Waals surface area (Å²) >= 11 is 13.9. The van der Waals surface area contributed by atoms with E-state index in [-0.39, 0.29) is 24.8 Å². The van der Waals surface area contributed by atoms with E-state index in [0.29, 0.717) is 33.6 Å². The molecule has 12 heteroatoms. The second-order valence-corrected chi connectivity index (χ2v) is 11.0. The van der Waals surface area contributed by atoms with E-state index in [4.69, 9.17) is 24.4 Å². The van der Waals surface area contributed by atoms with E-state index in [1.807, 2.05) is 9.80 Å². The third kappa shape index (κ3) is 6.16. The molecule has 2 fully saturated rings. The number of thioether (sulfide) groups is 2. The fourth-order valence-electron chi connectivity index (χ4n) is 3.70. The molecule has 2 aliphatic heterocycles. The van der Waals surface area contributed by atoms with Gasteiger partial charge in [-0.2, -0.15) is 0 Å². The maximum Gasteiger partial charge on any atom is 0.328 e. The molecule has 0 spiro atoms. The van der Waals surface area contributed by atoms with Crippen LogP contribution in [-0.2, 0) is 11.3 Å². The molecule has 1 unspecified atom stereocenters. The number of carbonyl (C=O) groups is 1. The topological polar surface area (TPSA) is 50.3 Å². The number of anilines is 1. The zero-order valence-corrected chi connectivity index (χ0v) is 21.2. The molecule has 0 radical (unpaired) electrons. The number of nitrogens with zero attached hydrogens (tertiary/aromatic N) is 4. The van der Waals surface area contributed by atoms with E-state index in [1.54, 1.807) is 29.2 Å². The van der Waals surface area contributed by atoms with E-state index in [2.05, 4.69) is 4.90 Å². The van der Waals surface area contributed by atoms with E-state index in [1.165, 1.54) is 47.8 Å². The highest BCUT2D eigenvalue weighted by atomic mass is 32.2. The first-order chi connectivity index (χ1) is 16.3. The minimum atomic E-state index is -0.993. The van der Waals surface area contributed by atoms with Crippen LogP contribution in [0.5, 0.6) is 0 Å². The van der Waals surface area contributed by atoms with Gasteiger partial charge in [0.15, 0.2) is 0 Å². The number of benzene rings is 2. The maximum absolute atomic E-state index is 13.3. The average Bonchev–Trinajstić information content (AvgIpc) is 2.82. The molecule has 1 atom stereocenters. The summed E-state index contributed by atoms with van der Waals surface area (Å²) in [5.74, 6) is -0.385. The van der Waals surface area contributed by atoms with Gasteiger partial charge in [-0.3, -0.25) is 4.90 Å². The highest BCUT2D eigenvalue weighted by molar-refractivity contribution is 8.23. The van der Waals surface area contributed by atoms with Gasteiger partial charge in [0.05, 0.1) is 31.6 Å². The van der Waals surface area contributed by atoms with Gasteiger partial charge in [-0.15, -0.1) is 0 Å². The van der Waals surface area contributed by atoms with Crippen LogP contribution in [-0.4, -0.2) is 72.1 Å². The Morgan fingerprint density at radius 2 is 1.56 bits per heavy atom. The van der Waals surface area contributed by atoms with Crippen LogP contribution in [0.4, 0.5) is 14.5 Å². The van der Waals surface area contributed by atoms with Gasteiger partial charge >= 0.3 is 5.97 Å². The molecular formula is C22H22F2N4O2S4. The molecule has 0 bridgehead atoms. The highest BCUT2D eigenvalue weighted by Gasteiger charge is 2.36. The number of carboxylic acid groups (broad SMARTS) is 1. The zero-order chi connectivity index (χ0) is 24.2. The van der Waals surface area contributed by atoms with Crippen molar-refractivity contribution < 1.29 is 18.7 Å². The van der Waals surface area contributed by atoms with E-state index >= 15 is 0 Å².